The van der Waals surface area contributed by atoms with Gasteiger partial charge in [-0.2, -0.15) is 0 Å². The molecule has 2 N–H and O–H groups in total. The Morgan fingerprint density at radius 2 is 1.54 bits per heavy atom. The Morgan fingerprint density at radius 1 is 1.00 bits per heavy atom. The van der Waals surface area contributed by atoms with Gasteiger partial charge in [0.25, 0.3) is 0 Å². The highest BCUT2D eigenvalue weighted by atomic mass is 35.5. The van der Waals surface area contributed by atoms with Crippen molar-refractivity contribution in [3.63, 3.8) is 0 Å². The number of likely N-dealkylation sites (tertiary alicyclic amines) is 1. The molecule has 1 heterocycles. The molecule has 0 aromatic heterocycles. The molecule has 3 rings (SSSR count). The fourth-order valence-corrected chi connectivity index (χ4v) is 4.95. The SMILES string of the molecule is CCC(C)C(N)C(=O)N1CCC(N(CCC(C)C)c2ccc(CCc3ccc(Cl)cc3)cc2)CC1. The Hall–Kier alpha value is -2.04. The minimum Gasteiger partial charge on any atom is -0.368 e. The van der Waals surface area contributed by atoms with Crippen LogP contribution in [0.2, 0.25) is 5.02 Å². The molecule has 0 spiro atoms. The summed E-state index contributed by atoms with van der Waals surface area (Å²) in [4.78, 5) is 17.4. The summed E-state index contributed by atoms with van der Waals surface area (Å²) in [6, 6.07) is 17.3. The van der Waals surface area contributed by atoms with Crippen LogP contribution in [0.25, 0.3) is 0 Å². The fraction of sp³-hybridized carbons (Fsp3) is 0.567. The van der Waals surface area contributed by atoms with Crippen LogP contribution in [-0.4, -0.2) is 42.5 Å². The second-order valence-corrected chi connectivity index (χ2v) is 11.1. The number of halogens is 1. The molecule has 2 atom stereocenters. The van der Waals surface area contributed by atoms with Crippen LogP contribution in [0.3, 0.4) is 0 Å². The van der Waals surface area contributed by atoms with Crippen molar-refractivity contribution in [2.75, 3.05) is 24.5 Å². The van der Waals surface area contributed by atoms with E-state index in [0.29, 0.717) is 12.0 Å². The Bertz CT molecular complexity index is 904. The lowest BCUT2D eigenvalue weighted by molar-refractivity contribution is -0.134. The summed E-state index contributed by atoms with van der Waals surface area (Å²) in [7, 11) is 0. The lowest BCUT2D eigenvalue weighted by Gasteiger charge is -2.41. The number of carbonyl (C=O) groups is 1. The summed E-state index contributed by atoms with van der Waals surface area (Å²) in [6.45, 7) is 11.4. The molecular formula is C30H44ClN3O. The zero-order valence-electron chi connectivity index (χ0n) is 22.1. The molecule has 2 aromatic rings. The van der Waals surface area contributed by atoms with E-state index in [1.807, 2.05) is 17.0 Å². The van der Waals surface area contributed by atoms with E-state index in [2.05, 4.69) is 69.0 Å². The van der Waals surface area contributed by atoms with Crippen LogP contribution in [0.5, 0.6) is 0 Å². The van der Waals surface area contributed by atoms with Crippen LogP contribution in [0.1, 0.15) is 64.5 Å². The van der Waals surface area contributed by atoms with Crippen molar-refractivity contribution < 1.29 is 4.79 Å². The van der Waals surface area contributed by atoms with E-state index in [4.69, 9.17) is 17.3 Å². The fourth-order valence-electron chi connectivity index (χ4n) is 4.82. The maximum atomic E-state index is 12.9. The Labute approximate surface area is 217 Å². The number of benzene rings is 2. The number of carbonyl (C=O) groups excluding carboxylic acids is 1. The van der Waals surface area contributed by atoms with Crippen LogP contribution >= 0.6 is 11.6 Å². The first-order valence-corrected chi connectivity index (χ1v) is 13.8. The van der Waals surface area contributed by atoms with Crippen LogP contribution in [0.4, 0.5) is 5.69 Å². The first-order chi connectivity index (χ1) is 16.8. The molecule has 2 aromatic carbocycles. The summed E-state index contributed by atoms with van der Waals surface area (Å²) in [5, 5.41) is 0.785. The third-order valence-corrected chi connectivity index (χ3v) is 7.84. The summed E-state index contributed by atoms with van der Waals surface area (Å²) < 4.78 is 0. The number of aryl methyl sites for hydroxylation is 2. The van der Waals surface area contributed by atoms with Gasteiger partial charge in [0.2, 0.25) is 5.91 Å². The molecule has 192 valence electrons. The highest BCUT2D eigenvalue weighted by Crippen LogP contribution is 2.26. The second kappa shape index (κ2) is 13.3. The van der Waals surface area contributed by atoms with Gasteiger partial charge in [0.1, 0.15) is 0 Å². The molecule has 5 heteroatoms. The van der Waals surface area contributed by atoms with Gasteiger partial charge < -0.3 is 15.5 Å². The highest BCUT2D eigenvalue weighted by Gasteiger charge is 2.30. The summed E-state index contributed by atoms with van der Waals surface area (Å²) in [6.07, 6.45) is 6.12. The maximum absolute atomic E-state index is 12.9. The van der Waals surface area contributed by atoms with E-state index >= 15 is 0 Å². The van der Waals surface area contributed by atoms with Gasteiger partial charge in [-0.3, -0.25) is 4.79 Å². The van der Waals surface area contributed by atoms with Crippen LogP contribution in [-0.2, 0) is 17.6 Å². The van der Waals surface area contributed by atoms with Crippen molar-refractivity contribution in [3.05, 3.63) is 64.7 Å². The Balaban J connectivity index is 1.62. The number of piperidine rings is 1. The smallest absolute Gasteiger partial charge is 0.239 e. The second-order valence-electron chi connectivity index (χ2n) is 10.6. The minimum absolute atomic E-state index is 0.122. The van der Waals surface area contributed by atoms with Crippen molar-refractivity contribution in [1.82, 2.24) is 4.90 Å². The predicted molar refractivity (Wildman–Crippen MR) is 149 cm³/mol. The molecule has 4 nitrogen and oxygen atoms in total. The molecule has 1 amide bonds. The van der Waals surface area contributed by atoms with Crippen molar-refractivity contribution >= 4 is 23.2 Å². The van der Waals surface area contributed by atoms with Gasteiger partial charge in [-0.15, -0.1) is 0 Å². The largest absolute Gasteiger partial charge is 0.368 e. The van der Waals surface area contributed by atoms with Crippen LogP contribution < -0.4 is 10.6 Å². The lowest BCUT2D eigenvalue weighted by Crippen LogP contribution is -2.52. The molecule has 0 bridgehead atoms. The number of anilines is 1. The van der Waals surface area contributed by atoms with E-state index in [-0.39, 0.29) is 17.9 Å². The molecule has 35 heavy (non-hydrogen) atoms. The zero-order chi connectivity index (χ0) is 25.4. The number of amides is 1. The van der Waals surface area contributed by atoms with Gasteiger partial charge >= 0.3 is 0 Å². The maximum Gasteiger partial charge on any atom is 0.239 e. The summed E-state index contributed by atoms with van der Waals surface area (Å²) in [5.74, 6) is 1.00. The molecular weight excluding hydrogens is 454 g/mol. The van der Waals surface area contributed by atoms with Crippen molar-refractivity contribution in [2.45, 2.75) is 78.3 Å². The Kier molecular flexibility index (Phi) is 10.5. The van der Waals surface area contributed by atoms with Gasteiger partial charge in [0.05, 0.1) is 6.04 Å². The van der Waals surface area contributed by atoms with E-state index in [0.717, 1.165) is 63.2 Å². The van der Waals surface area contributed by atoms with Crippen LogP contribution in [0, 0.1) is 11.8 Å². The van der Waals surface area contributed by atoms with Crippen molar-refractivity contribution in [1.29, 1.82) is 0 Å². The van der Waals surface area contributed by atoms with E-state index in [1.165, 1.54) is 16.8 Å². The third kappa shape index (κ3) is 7.98. The lowest BCUT2D eigenvalue weighted by atomic mass is 9.96. The average molecular weight is 498 g/mol. The third-order valence-electron chi connectivity index (χ3n) is 7.59. The molecule has 1 saturated heterocycles. The number of rotatable bonds is 11. The van der Waals surface area contributed by atoms with E-state index in [1.54, 1.807) is 0 Å². The van der Waals surface area contributed by atoms with Crippen molar-refractivity contribution in [3.8, 4) is 0 Å². The van der Waals surface area contributed by atoms with Gasteiger partial charge in [0.15, 0.2) is 0 Å². The van der Waals surface area contributed by atoms with E-state index in [9.17, 15) is 4.79 Å². The first-order valence-electron chi connectivity index (χ1n) is 13.4. The summed E-state index contributed by atoms with van der Waals surface area (Å²) in [5.41, 5.74) is 10.2. The minimum atomic E-state index is -0.381. The molecule has 0 radical (unpaired) electrons. The van der Waals surface area contributed by atoms with Crippen LogP contribution in [0.15, 0.2) is 48.5 Å². The summed E-state index contributed by atoms with van der Waals surface area (Å²) >= 11 is 6.01. The molecule has 2 unspecified atom stereocenters. The number of hydrogen-bond donors (Lipinski definition) is 1. The molecule has 1 fully saturated rings. The average Bonchev–Trinajstić information content (AvgIpc) is 2.88. The standard InChI is InChI=1S/C30H44ClN3O/c1-5-23(4)29(32)30(35)33-19-17-28(18-20-33)34(21-16-22(2)3)27-14-10-25(11-15-27)7-6-24-8-12-26(31)13-9-24/h8-15,22-23,28-29H,5-7,16-21,32H2,1-4H3. The quantitative estimate of drug-likeness (QED) is 0.394. The monoisotopic (exact) mass is 497 g/mol. The van der Waals surface area contributed by atoms with Gasteiger partial charge in [-0.05, 0) is 79.3 Å². The first kappa shape index (κ1) is 27.5. The Morgan fingerprint density at radius 3 is 2.06 bits per heavy atom. The normalized spacial score (nSPS) is 16.4. The number of nitrogens with zero attached hydrogens (tertiary/aromatic N) is 2. The van der Waals surface area contributed by atoms with Crippen molar-refractivity contribution in [2.24, 2.45) is 17.6 Å². The number of nitrogens with two attached hydrogens (primary N) is 1. The van der Waals surface area contributed by atoms with Gasteiger partial charge in [-0.1, -0.05) is 70.0 Å². The highest BCUT2D eigenvalue weighted by molar-refractivity contribution is 6.30. The molecule has 0 saturated carbocycles. The number of hydrogen-bond acceptors (Lipinski definition) is 3. The topological polar surface area (TPSA) is 49.6 Å². The predicted octanol–water partition coefficient (Wildman–Crippen LogP) is 6.34. The molecule has 0 aliphatic carbocycles. The molecule has 1 aliphatic rings. The van der Waals surface area contributed by atoms with E-state index < -0.39 is 0 Å². The zero-order valence-corrected chi connectivity index (χ0v) is 22.8. The van der Waals surface area contributed by atoms with Gasteiger partial charge in [-0.25, -0.2) is 0 Å². The molecule has 1 aliphatic heterocycles. The van der Waals surface area contributed by atoms with Gasteiger partial charge in [0, 0.05) is 36.4 Å².